The van der Waals surface area contributed by atoms with Gasteiger partial charge in [-0.05, 0) is 77.7 Å². The minimum atomic E-state index is -0.129. The number of carbonyl (C=O) groups excluding carboxylic acids is 1. The summed E-state index contributed by atoms with van der Waals surface area (Å²) in [6.07, 6.45) is 5.66. The van der Waals surface area contributed by atoms with Crippen LogP contribution in [0.3, 0.4) is 0 Å². The number of carbonyl (C=O) groups is 1. The fourth-order valence-corrected chi connectivity index (χ4v) is 4.77. The summed E-state index contributed by atoms with van der Waals surface area (Å²) in [6.45, 7) is 11.0. The van der Waals surface area contributed by atoms with Crippen molar-refractivity contribution in [1.82, 2.24) is 5.32 Å². The molecule has 1 unspecified atom stereocenters. The Bertz CT molecular complexity index is 1460. The van der Waals surface area contributed by atoms with Gasteiger partial charge in [0.15, 0.2) is 0 Å². The van der Waals surface area contributed by atoms with Crippen molar-refractivity contribution in [3.05, 3.63) is 136 Å². The van der Waals surface area contributed by atoms with Crippen molar-refractivity contribution in [3.8, 4) is 0 Å². The first-order valence-electron chi connectivity index (χ1n) is 12.1. The highest BCUT2D eigenvalue weighted by molar-refractivity contribution is 6.30. The van der Waals surface area contributed by atoms with Crippen LogP contribution in [0.4, 0.5) is 5.69 Å². The van der Waals surface area contributed by atoms with Gasteiger partial charge in [-0.1, -0.05) is 48.5 Å². The first kappa shape index (κ1) is 26.6. The molecule has 0 fully saturated rings. The van der Waals surface area contributed by atoms with E-state index in [0.29, 0.717) is 23.7 Å². The molecule has 1 aliphatic rings. The Kier molecular flexibility index (Phi) is 8.19. The van der Waals surface area contributed by atoms with Crippen LogP contribution in [0, 0.1) is 6.92 Å². The third-order valence-electron chi connectivity index (χ3n) is 6.61. The van der Waals surface area contributed by atoms with Crippen molar-refractivity contribution in [1.29, 1.82) is 0 Å². The summed E-state index contributed by atoms with van der Waals surface area (Å²) in [5.74, 6) is 5.54. The van der Waals surface area contributed by atoms with Gasteiger partial charge in [0.1, 0.15) is 0 Å². The zero-order valence-electron chi connectivity index (χ0n) is 21.2. The number of aryl methyl sites for hydroxylation is 1. The maximum absolute atomic E-state index is 12.8. The minimum absolute atomic E-state index is 0.0574. The van der Waals surface area contributed by atoms with E-state index in [-0.39, 0.29) is 17.7 Å². The van der Waals surface area contributed by atoms with E-state index in [9.17, 15) is 4.79 Å². The molecule has 3 aromatic carbocycles. The molecule has 38 heavy (non-hydrogen) atoms. The molecule has 0 aromatic heterocycles. The monoisotopic (exact) mass is 525 g/mol. The number of nitrogens with two attached hydrogens (primary N) is 2. The van der Waals surface area contributed by atoms with Crippen molar-refractivity contribution in [2.24, 2.45) is 16.1 Å². The fourth-order valence-electron chi connectivity index (χ4n) is 4.65. The highest BCUT2D eigenvalue weighted by atomic mass is 35.5. The highest BCUT2D eigenvalue weighted by Gasteiger charge is 2.32. The summed E-state index contributed by atoms with van der Waals surface area (Å²) >= 11 is 5.94. The molecule has 4 rings (SSSR count). The predicted octanol–water partition coefficient (Wildman–Crippen LogP) is 4.77. The molecule has 0 radical (unpaired) electrons. The standard InChI is InChI=1S/C30H29ClN6O/c1-4-6-27-25(5-2)26-16-21(29(35-32)36-33)11-14-28(26)37(27)18-23-10-9-22(15-19(23)3)30(38)34-17-20-7-12-24(31)13-8-20/h4-16,25,32H,1-2,17-18,33H2,3H3,(H,34,38)/p+1. The average Bonchev–Trinajstić information content (AvgIpc) is 3.21. The van der Waals surface area contributed by atoms with Crippen molar-refractivity contribution >= 4 is 29.0 Å². The van der Waals surface area contributed by atoms with Gasteiger partial charge in [-0.2, -0.15) is 10.6 Å². The number of anilines is 1. The van der Waals surface area contributed by atoms with Gasteiger partial charge in [-0.15, -0.1) is 6.58 Å². The fraction of sp³-hybridized carbons (Fsp3) is 0.133. The normalized spacial score (nSPS) is 15.7. The van der Waals surface area contributed by atoms with Crippen LogP contribution < -0.4 is 21.6 Å². The second-order valence-electron chi connectivity index (χ2n) is 8.93. The van der Waals surface area contributed by atoms with Crippen LogP contribution in [0.2, 0.25) is 5.02 Å². The zero-order chi connectivity index (χ0) is 27.2. The molecular weight excluding hydrogens is 496 g/mol. The maximum atomic E-state index is 12.8. The van der Waals surface area contributed by atoms with Crippen LogP contribution in [-0.4, -0.2) is 11.7 Å². The number of nitrogens with one attached hydrogen (secondary N) is 1. The van der Waals surface area contributed by atoms with Gasteiger partial charge >= 0.3 is 0 Å². The summed E-state index contributed by atoms with van der Waals surface area (Å²) in [4.78, 5) is 15.0. The van der Waals surface area contributed by atoms with Crippen LogP contribution in [-0.2, 0) is 13.1 Å². The summed E-state index contributed by atoms with van der Waals surface area (Å²) in [5, 5.41) is 11.0. The number of fused-ring (bicyclic) bond motifs is 1. The van der Waals surface area contributed by atoms with E-state index in [4.69, 9.17) is 23.0 Å². The van der Waals surface area contributed by atoms with E-state index in [1.54, 1.807) is 6.08 Å². The summed E-state index contributed by atoms with van der Waals surface area (Å²) < 4.78 is 0. The van der Waals surface area contributed by atoms with Crippen molar-refractivity contribution < 1.29 is 10.3 Å². The maximum Gasteiger partial charge on any atom is 0.251 e. The summed E-state index contributed by atoms with van der Waals surface area (Å²) in [7, 11) is 0. The number of rotatable bonds is 8. The van der Waals surface area contributed by atoms with Gasteiger partial charge in [0.25, 0.3) is 5.91 Å². The lowest BCUT2D eigenvalue weighted by Crippen LogP contribution is -2.27. The highest BCUT2D eigenvalue weighted by Crippen LogP contribution is 2.45. The number of hydrazone groups is 1. The topological polar surface area (TPSA) is 109 Å². The number of nitrogens with zero attached hydrogens (tertiary/aromatic N) is 3. The van der Waals surface area contributed by atoms with Gasteiger partial charge in [0, 0.05) is 51.7 Å². The third-order valence-corrected chi connectivity index (χ3v) is 6.86. The quantitative estimate of drug-likeness (QED) is 0.0984. The second kappa shape index (κ2) is 11.7. The second-order valence-corrected chi connectivity index (χ2v) is 9.37. The molecule has 0 saturated heterocycles. The van der Waals surface area contributed by atoms with Crippen LogP contribution in [0.15, 0.2) is 108 Å². The molecule has 1 heterocycles. The largest absolute Gasteiger partial charge is 0.348 e. The molecule has 8 heteroatoms. The van der Waals surface area contributed by atoms with E-state index < -0.39 is 0 Å². The lowest BCUT2D eigenvalue weighted by atomic mass is 9.96. The molecule has 0 saturated carbocycles. The number of allylic oxidation sites excluding steroid dienone is 3. The zero-order valence-corrected chi connectivity index (χ0v) is 21.9. The Labute approximate surface area is 227 Å². The molecule has 1 atom stereocenters. The molecule has 0 bridgehead atoms. The van der Waals surface area contributed by atoms with Crippen LogP contribution in [0.5, 0.6) is 0 Å². The van der Waals surface area contributed by atoms with Crippen LogP contribution in [0.1, 0.15) is 44.1 Å². The van der Waals surface area contributed by atoms with E-state index in [0.717, 1.165) is 39.2 Å². The van der Waals surface area contributed by atoms with Crippen LogP contribution >= 0.6 is 11.6 Å². The molecule has 1 amide bonds. The first-order chi connectivity index (χ1) is 18.4. The van der Waals surface area contributed by atoms with Crippen molar-refractivity contribution in [2.45, 2.75) is 25.9 Å². The molecule has 5 N–H and O–H groups in total. The molecular formula is C30H30ClN6O+. The van der Waals surface area contributed by atoms with Gasteiger partial charge < -0.3 is 16.1 Å². The van der Waals surface area contributed by atoms with Gasteiger partial charge in [0.05, 0.1) is 0 Å². The SMILES string of the molecule is C=CC=C1C(C=C)c2cc(C(N=[NH2+])=NN)ccc2N1Cc1ccc(C(=O)NCc2ccc(Cl)cc2)cc1C. The lowest BCUT2D eigenvalue weighted by molar-refractivity contribution is -0.206. The summed E-state index contributed by atoms with van der Waals surface area (Å²) in [5.41, 5.74) is 13.0. The van der Waals surface area contributed by atoms with Gasteiger partial charge in [0.2, 0.25) is 5.84 Å². The molecule has 0 spiro atoms. The number of hydrogen-bond acceptors (Lipinski definition) is 4. The number of halogens is 1. The average molecular weight is 526 g/mol. The van der Waals surface area contributed by atoms with Gasteiger partial charge in [-0.25, -0.2) is 0 Å². The Morgan fingerprint density at radius 3 is 2.50 bits per heavy atom. The number of amides is 1. The molecule has 3 aromatic rings. The van der Waals surface area contributed by atoms with E-state index in [1.807, 2.05) is 79.7 Å². The van der Waals surface area contributed by atoms with Crippen molar-refractivity contribution in [2.75, 3.05) is 4.90 Å². The van der Waals surface area contributed by atoms with E-state index >= 15 is 0 Å². The Hall–Kier alpha value is -4.49. The third kappa shape index (κ3) is 5.43. The van der Waals surface area contributed by atoms with Crippen LogP contribution in [0.25, 0.3) is 0 Å². The van der Waals surface area contributed by atoms with E-state index in [2.05, 4.69) is 33.6 Å². The van der Waals surface area contributed by atoms with Gasteiger partial charge in [-0.3, -0.25) is 4.79 Å². The first-order valence-corrected chi connectivity index (χ1v) is 12.5. The smallest absolute Gasteiger partial charge is 0.251 e. The Morgan fingerprint density at radius 2 is 1.87 bits per heavy atom. The Morgan fingerprint density at radius 1 is 1.13 bits per heavy atom. The van der Waals surface area contributed by atoms with Crippen molar-refractivity contribution in [3.63, 3.8) is 0 Å². The van der Waals surface area contributed by atoms with E-state index in [1.165, 1.54) is 0 Å². The molecule has 0 aliphatic carbocycles. The lowest BCUT2D eigenvalue weighted by Gasteiger charge is -2.24. The molecule has 1 aliphatic heterocycles. The number of benzene rings is 3. The number of hydrogen-bond donors (Lipinski definition) is 3. The molecule has 7 nitrogen and oxygen atoms in total. The molecule has 192 valence electrons. The predicted molar refractivity (Wildman–Crippen MR) is 153 cm³/mol. The summed E-state index contributed by atoms with van der Waals surface area (Å²) in [6, 6.07) is 19.1. The minimum Gasteiger partial charge on any atom is -0.348 e. The number of amidine groups is 1. The Balaban J connectivity index is 1.59.